The van der Waals surface area contributed by atoms with Gasteiger partial charge in [0.1, 0.15) is 4.34 Å². The molecule has 0 atom stereocenters. The van der Waals surface area contributed by atoms with Gasteiger partial charge in [-0.1, -0.05) is 23.2 Å². The maximum atomic E-state index is 11.6. The van der Waals surface area contributed by atoms with Crippen LogP contribution in [0.1, 0.15) is 31.1 Å². The van der Waals surface area contributed by atoms with Crippen LogP contribution in [0.2, 0.25) is 8.67 Å². The Morgan fingerprint density at radius 2 is 2.00 bits per heavy atom. The second kappa shape index (κ2) is 4.09. The highest BCUT2D eigenvalue weighted by atomic mass is 35.5. The van der Waals surface area contributed by atoms with E-state index in [0.29, 0.717) is 14.2 Å². The number of halogens is 2. The molecule has 0 radical (unpaired) electrons. The van der Waals surface area contributed by atoms with Crippen molar-refractivity contribution in [3.63, 3.8) is 0 Å². The number of rotatable bonds is 1. The van der Waals surface area contributed by atoms with Crippen LogP contribution in [0, 0.1) is 0 Å². The fourth-order valence-corrected chi connectivity index (χ4v) is 2.36. The molecule has 1 aromatic heterocycles. The van der Waals surface area contributed by atoms with E-state index in [1.165, 1.54) is 11.3 Å². The van der Waals surface area contributed by atoms with Crippen molar-refractivity contribution in [2.75, 3.05) is 0 Å². The van der Waals surface area contributed by atoms with Crippen molar-refractivity contribution >= 4 is 40.4 Å². The molecule has 0 unspecified atom stereocenters. The Morgan fingerprint density at radius 1 is 1.43 bits per heavy atom. The zero-order valence-electron chi connectivity index (χ0n) is 8.15. The maximum Gasteiger partial charge on any atom is 0.254 e. The van der Waals surface area contributed by atoms with Gasteiger partial charge in [0.25, 0.3) is 5.91 Å². The topological polar surface area (TPSA) is 29.1 Å². The lowest BCUT2D eigenvalue weighted by Crippen LogP contribution is -2.40. The van der Waals surface area contributed by atoms with Crippen LogP contribution in [0.3, 0.4) is 0 Å². The van der Waals surface area contributed by atoms with E-state index in [0.717, 1.165) is 0 Å². The maximum absolute atomic E-state index is 11.6. The average Bonchev–Trinajstić information content (AvgIpc) is 2.26. The Labute approximate surface area is 97.2 Å². The molecule has 0 aliphatic heterocycles. The zero-order chi connectivity index (χ0) is 10.9. The number of amides is 1. The van der Waals surface area contributed by atoms with E-state index in [9.17, 15) is 4.79 Å². The second-order valence-corrected chi connectivity index (χ2v) is 6.23. The molecule has 0 aliphatic rings. The van der Waals surface area contributed by atoms with Gasteiger partial charge in [0, 0.05) is 5.54 Å². The molecule has 1 aromatic rings. The Kier molecular flexibility index (Phi) is 3.45. The molecule has 14 heavy (non-hydrogen) atoms. The fourth-order valence-electron chi connectivity index (χ4n) is 0.903. The minimum atomic E-state index is -0.269. The Morgan fingerprint density at radius 3 is 2.36 bits per heavy atom. The summed E-state index contributed by atoms with van der Waals surface area (Å²) in [5, 5.41) is 2.81. The normalized spacial score (nSPS) is 11.5. The number of hydrogen-bond donors (Lipinski definition) is 1. The molecule has 1 rings (SSSR count). The summed E-state index contributed by atoms with van der Waals surface area (Å²) in [5.74, 6) is -0.189. The zero-order valence-corrected chi connectivity index (χ0v) is 10.5. The van der Waals surface area contributed by atoms with Gasteiger partial charge in [0.15, 0.2) is 0 Å². The summed E-state index contributed by atoms with van der Waals surface area (Å²) >= 11 is 12.8. The molecule has 0 saturated heterocycles. The van der Waals surface area contributed by atoms with Gasteiger partial charge >= 0.3 is 0 Å². The summed E-state index contributed by atoms with van der Waals surface area (Å²) in [5.41, 5.74) is 0.172. The molecule has 0 spiro atoms. The van der Waals surface area contributed by atoms with Gasteiger partial charge < -0.3 is 5.32 Å². The van der Waals surface area contributed by atoms with Gasteiger partial charge in [-0.25, -0.2) is 0 Å². The number of hydrogen-bond acceptors (Lipinski definition) is 2. The average molecular weight is 252 g/mol. The summed E-state index contributed by atoms with van der Waals surface area (Å²) in [4.78, 5) is 11.6. The van der Waals surface area contributed by atoms with Crippen molar-refractivity contribution < 1.29 is 4.79 Å². The van der Waals surface area contributed by atoms with E-state index in [1.54, 1.807) is 6.07 Å². The second-order valence-electron chi connectivity index (χ2n) is 3.94. The highest BCUT2D eigenvalue weighted by molar-refractivity contribution is 7.20. The smallest absolute Gasteiger partial charge is 0.254 e. The first-order chi connectivity index (χ1) is 6.29. The molecule has 0 saturated carbocycles. The van der Waals surface area contributed by atoms with Gasteiger partial charge in [-0.2, -0.15) is 0 Å². The van der Waals surface area contributed by atoms with E-state index in [2.05, 4.69) is 5.32 Å². The first-order valence-corrected chi connectivity index (χ1v) is 5.64. The van der Waals surface area contributed by atoms with Crippen LogP contribution < -0.4 is 5.32 Å². The molecular formula is C9H11Cl2NOS. The summed E-state index contributed by atoms with van der Waals surface area (Å²) in [7, 11) is 0. The minimum absolute atomic E-state index is 0.189. The molecule has 1 amide bonds. The molecule has 2 nitrogen and oxygen atoms in total. The molecule has 1 N–H and O–H groups in total. The molecular weight excluding hydrogens is 241 g/mol. The summed E-state index contributed by atoms with van der Waals surface area (Å²) in [6.07, 6.45) is 0. The third kappa shape index (κ3) is 3.15. The van der Waals surface area contributed by atoms with Crippen molar-refractivity contribution in [2.24, 2.45) is 0 Å². The highest BCUT2D eigenvalue weighted by Crippen LogP contribution is 2.31. The SMILES string of the molecule is CC(C)(C)NC(=O)c1cc(Cl)sc1Cl. The lowest BCUT2D eigenvalue weighted by atomic mass is 10.1. The van der Waals surface area contributed by atoms with Crippen molar-refractivity contribution in [2.45, 2.75) is 26.3 Å². The molecule has 0 aliphatic carbocycles. The van der Waals surface area contributed by atoms with E-state index < -0.39 is 0 Å². The largest absolute Gasteiger partial charge is 0.347 e. The fraction of sp³-hybridized carbons (Fsp3) is 0.444. The van der Waals surface area contributed by atoms with Crippen LogP contribution in [-0.2, 0) is 0 Å². The van der Waals surface area contributed by atoms with Crippen molar-refractivity contribution in [1.82, 2.24) is 5.32 Å². The van der Waals surface area contributed by atoms with Crippen molar-refractivity contribution in [1.29, 1.82) is 0 Å². The molecule has 78 valence electrons. The van der Waals surface area contributed by atoms with E-state index in [1.807, 2.05) is 20.8 Å². The third-order valence-electron chi connectivity index (χ3n) is 1.39. The highest BCUT2D eigenvalue weighted by Gasteiger charge is 2.19. The number of carbonyl (C=O) groups is 1. The van der Waals surface area contributed by atoms with Crippen LogP contribution in [0.15, 0.2) is 6.07 Å². The van der Waals surface area contributed by atoms with Crippen LogP contribution in [0.4, 0.5) is 0 Å². The quantitative estimate of drug-likeness (QED) is 0.813. The van der Waals surface area contributed by atoms with Crippen LogP contribution >= 0.6 is 34.5 Å². The predicted octanol–water partition coefficient (Wildman–Crippen LogP) is 3.58. The first-order valence-electron chi connectivity index (χ1n) is 4.07. The first kappa shape index (κ1) is 11.8. The molecule has 0 fully saturated rings. The molecule has 1 heterocycles. The van der Waals surface area contributed by atoms with Gasteiger partial charge in [-0.05, 0) is 26.8 Å². The molecule has 5 heteroatoms. The van der Waals surface area contributed by atoms with E-state index >= 15 is 0 Å². The van der Waals surface area contributed by atoms with Crippen molar-refractivity contribution in [3.8, 4) is 0 Å². The van der Waals surface area contributed by atoms with Gasteiger partial charge in [0.05, 0.1) is 9.90 Å². The summed E-state index contributed by atoms with van der Waals surface area (Å²) in [6, 6.07) is 1.58. The predicted molar refractivity (Wildman–Crippen MR) is 61.6 cm³/mol. The number of nitrogens with one attached hydrogen (secondary N) is 1. The molecule has 0 aromatic carbocycles. The van der Waals surface area contributed by atoms with Gasteiger partial charge in [-0.15, -0.1) is 11.3 Å². The summed E-state index contributed by atoms with van der Waals surface area (Å²) < 4.78 is 0.950. The standard InChI is InChI=1S/C9H11Cl2NOS/c1-9(2,3)12-8(13)5-4-6(10)14-7(5)11/h4H,1-3H3,(H,12,13). The van der Waals surface area contributed by atoms with Gasteiger partial charge in [0.2, 0.25) is 0 Å². The Hall–Kier alpha value is -0.250. The van der Waals surface area contributed by atoms with Crippen LogP contribution in [0.5, 0.6) is 0 Å². The third-order valence-corrected chi connectivity index (χ3v) is 2.88. The van der Waals surface area contributed by atoms with E-state index in [4.69, 9.17) is 23.2 Å². The van der Waals surface area contributed by atoms with Crippen LogP contribution in [-0.4, -0.2) is 11.4 Å². The molecule has 0 bridgehead atoms. The number of thiophene rings is 1. The van der Waals surface area contributed by atoms with Crippen LogP contribution in [0.25, 0.3) is 0 Å². The number of carbonyl (C=O) groups excluding carboxylic acids is 1. The summed E-state index contributed by atoms with van der Waals surface area (Å²) in [6.45, 7) is 5.73. The lowest BCUT2D eigenvalue weighted by molar-refractivity contribution is 0.0920. The minimum Gasteiger partial charge on any atom is -0.347 e. The Bertz CT molecular complexity index is 354. The monoisotopic (exact) mass is 251 g/mol. The van der Waals surface area contributed by atoms with E-state index in [-0.39, 0.29) is 11.4 Å². The van der Waals surface area contributed by atoms with Gasteiger partial charge in [-0.3, -0.25) is 4.79 Å². The lowest BCUT2D eigenvalue weighted by Gasteiger charge is -2.20. The van der Waals surface area contributed by atoms with Crippen molar-refractivity contribution in [3.05, 3.63) is 20.3 Å². The Balaban J connectivity index is 2.85.